The maximum Gasteiger partial charge on any atom is 0.360 e. The summed E-state index contributed by atoms with van der Waals surface area (Å²) in [7, 11) is 1.30. The zero-order chi connectivity index (χ0) is 12.4. The Hall–Kier alpha value is -2.04. The summed E-state index contributed by atoms with van der Waals surface area (Å²) in [6.07, 6.45) is 0.778. The number of rotatable bonds is 3. The Balaban J connectivity index is 2.47. The third-order valence-electron chi connectivity index (χ3n) is 2.35. The van der Waals surface area contributed by atoms with Gasteiger partial charge in [-0.15, -0.1) is 0 Å². The molecule has 17 heavy (non-hydrogen) atoms. The van der Waals surface area contributed by atoms with E-state index in [1.807, 2.05) is 13.0 Å². The molecule has 5 nitrogen and oxygen atoms in total. The normalized spacial score (nSPS) is 10.5. The van der Waals surface area contributed by atoms with E-state index in [9.17, 15) is 4.79 Å². The second-order valence-corrected chi connectivity index (χ2v) is 3.52. The number of furan rings is 1. The Morgan fingerprint density at radius 1 is 1.41 bits per heavy atom. The highest BCUT2D eigenvalue weighted by molar-refractivity contribution is 5.92. The molecule has 2 aromatic rings. The van der Waals surface area contributed by atoms with Gasteiger partial charge in [-0.1, -0.05) is 6.92 Å². The number of hydrogen-bond acceptors (Lipinski definition) is 5. The van der Waals surface area contributed by atoms with Gasteiger partial charge in [-0.25, -0.2) is 9.78 Å². The van der Waals surface area contributed by atoms with Gasteiger partial charge < -0.3 is 13.6 Å². The van der Waals surface area contributed by atoms with Crippen LogP contribution in [0.2, 0.25) is 0 Å². The van der Waals surface area contributed by atoms with E-state index in [4.69, 9.17) is 8.83 Å². The van der Waals surface area contributed by atoms with Crippen LogP contribution in [0.15, 0.2) is 21.0 Å². The summed E-state index contributed by atoms with van der Waals surface area (Å²) >= 11 is 0. The van der Waals surface area contributed by atoms with Gasteiger partial charge in [0, 0.05) is 13.3 Å². The van der Waals surface area contributed by atoms with Gasteiger partial charge in [0.05, 0.1) is 7.11 Å². The summed E-state index contributed by atoms with van der Waals surface area (Å²) in [6.45, 7) is 3.65. The van der Waals surface area contributed by atoms with Gasteiger partial charge >= 0.3 is 5.97 Å². The fourth-order valence-electron chi connectivity index (χ4n) is 1.52. The van der Waals surface area contributed by atoms with Crippen LogP contribution in [0.1, 0.15) is 29.1 Å². The first kappa shape index (κ1) is 11.4. The Morgan fingerprint density at radius 3 is 2.76 bits per heavy atom. The van der Waals surface area contributed by atoms with Crippen molar-refractivity contribution in [1.29, 1.82) is 0 Å². The molecule has 0 aliphatic rings. The molecule has 0 fully saturated rings. The third kappa shape index (κ3) is 2.08. The molecule has 0 aromatic carbocycles. The minimum atomic E-state index is -0.536. The Labute approximate surface area is 98.4 Å². The van der Waals surface area contributed by atoms with Crippen molar-refractivity contribution < 1.29 is 18.4 Å². The molecule has 0 aliphatic heterocycles. The van der Waals surface area contributed by atoms with Gasteiger partial charge in [-0.3, -0.25) is 0 Å². The van der Waals surface area contributed by atoms with Crippen molar-refractivity contribution in [2.45, 2.75) is 20.3 Å². The predicted octanol–water partition coefficient (Wildman–Crippen LogP) is 2.59. The first-order chi connectivity index (χ1) is 8.15. The first-order valence-corrected chi connectivity index (χ1v) is 5.30. The van der Waals surface area contributed by atoms with Gasteiger partial charge in [-0.05, 0) is 12.1 Å². The lowest BCUT2D eigenvalue weighted by atomic mass is 10.3. The Bertz CT molecular complexity index is 538. The van der Waals surface area contributed by atoms with Crippen LogP contribution in [0.3, 0.4) is 0 Å². The molecule has 0 N–H and O–H groups in total. The fraction of sp³-hybridized carbons (Fsp3) is 0.333. The Kier molecular flexibility index (Phi) is 2.99. The molecular formula is C12H13NO4. The van der Waals surface area contributed by atoms with Crippen LogP contribution in [0.5, 0.6) is 0 Å². The lowest BCUT2D eigenvalue weighted by Gasteiger charge is -1.96. The number of hydrogen-bond donors (Lipinski definition) is 0. The molecule has 0 saturated carbocycles. The van der Waals surface area contributed by atoms with E-state index in [0.29, 0.717) is 17.4 Å². The number of oxazole rings is 1. The maximum atomic E-state index is 11.5. The van der Waals surface area contributed by atoms with Crippen LogP contribution >= 0.6 is 0 Å². The van der Waals surface area contributed by atoms with Gasteiger partial charge in [0.2, 0.25) is 5.76 Å². The average Bonchev–Trinajstić information content (AvgIpc) is 2.93. The molecule has 2 aromatic heterocycles. The second kappa shape index (κ2) is 4.45. The van der Waals surface area contributed by atoms with Crippen LogP contribution < -0.4 is 0 Å². The van der Waals surface area contributed by atoms with Crippen molar-refractivity contribution in [3.63, 3.8) is 0 Å². The van der Waals surface area contributed by atoms with Crippen LogP contribution in [0.4, 0.5) is 0 Å². The number of carbonyl (C=O) groups excluding carboxylic acids is 1. The van der Waals surface area contributed by atoms with Crippen molar-refractivity contribution in [1.82, 2.24) is 4.98 Å². The summed E-state index contributed by atoms with van der Waals surface area (Å²) in [5, 5.41) is 0. The molecule has 0 bridgehead atoms. The van der Waals surface area contributed by atoms with Crippen LogP contribution in [0, 0.1) is 6.92 Å². The summed E-state index contributed by atoms with van der Waals surface area (Å²) in [6, 6.07) is 3.60. The van der Waals surface area contributed by atoms with Crippen LogP contribution in [0.25, 0.3) is 11.5 Å². The van der Waals surface area contributed by atoms with Crippen LogP contribution in [-0.2, 0) is 11.2 Å². The number of aryl methyl sites for hydroxylation is 2. The number of esters is 1. The smallest absolute Gasteiger partial charge is 0.360 e. The molecule has 5 heteroatoms. The lowest BCUT2D eigenvalue weighted by Crippen LogP contribution is -2.03. The number of aromatic nitrogens is 1. The van der Waals surface area contributed by atoms with E-state index in [1.54, 1.807) is 13.0 Å². The fourth-order valence-corrected chi connectivity index (χ4v) is 1.52. The van der Waals surface area contributed by atoms with Gasteiger partial charge in [0.15, 0.2) is 17.3 Å². The minimum Gasteiger partial charge on any atom is -0.464 e. The largest absolute Gasteiger partial charge is 0.464 e. The lowest BCUT2D eigenvalue weighted by molar-refractivity contribution is 0.0595. The zero-order valence-corrected chi connectivity index (χ0v) is 9.94. The number of nitrogens with zero attached hydrogens (tertiary/aromatic N) is 1. The van der Waals surface area contributed by atoms with E-state index >= 15 is 0 Å². The molecular weight excluding hydrogens is 222 g/mol. The Morgan fingerprint density at radius 2 is 2.18 bits per heavy atom. The molecule has 0 saturated heterocycles. The SMILES string of the molecule is CCc1ccc(-c2oc(C)nc2C(=O)OC)o1. The van der Waals surface area contributed by atoms with E-state index in [-0.39, 0.29) is 5.69 Å². The summed E-state index contributed by atoms with van der Waals surface area (Å²) in [5.74, 6) is 1.49. The summed E-state index contributed by atoms with van der Waals surface area (Å²) in [5.41, 5.74) is 0.141. The minimum absolute atomic E-state index is 0.141. The standard InChI is InChI=1S/C12H13NO4/c1-4-8-5-6-9(17-8)11-10(12(14)15-3)13-7(2)16-11/h5-6H,4H2,1-3H3. The highest BCUT2D eigenvalue weighted by Gasteiger charge is 2.22. The molecule has 0 amide bonds. The number of ether oxygens (including phenoxy) is 1. The van der Waals surface area contributed by atoms with E-state index < -0.39 is 5.97 Å². The monoisotopic (exact) mass is 235 g/mol. The van der Waals surface area contributed by atoms with Crippen molar-refractivity contribution >= 4 is 5.97 Å². The van der Waals surface area contributed by atoms with Gasteiger partial charge in [-0.2, -0.15) is 0 Å². The molecule has 0 aliphatic carbocycles. The first-order valence-electron chi connectivity index (χ1n) is 5.30. The molecule has 90 valence electrons. The van der Waals surface area contributed by atoms with Crippen molar-refractivity contribution in [2.75, 3.05) is 7.11 Å². The van der Waals surface area contributed by atoms with Crippen molar-refractivity contribution in [3.05, 3.63) is 29.5 Å². The molecule has 0 atom stereocenters. The molecule has 0 spiro atoms. The number of carbonyl (C=O) groups is 1. The maximum absolute atomic E-state index is 11.5. The quantitative estimate of drug-likeness (QED) is 0.765. The zero-order valence-electron chi connectivity index (χ0n) is 9.94. The molecule has 0 radical (unpaired) electrons. The molecule has 2 rings (SSSR count). The molecule has 0 unspecified atom stereocenters. The molecule has 2 heterocycles. The average molecular weight is 235 g/mol. The highest BCUT2D eigenvalue weighted by atomic mass is 16.5. The van der Waals surface area contributed by atoms with E-state index in [2.05, 4.69) is 9.72 Å². The van der Waals surface area contributed by atoms with E-state index in [0.717, 1.165) is 12.2 Å². The second-order valence-electron chi connectivity index (χ2n) is 3.52. The van der Waals surface area contributed by atoms with Crippen molar-refractivity contribution in [2.24, 2.45) is 0 Å². The van der Waals surface area contributed by atoms with Crippen molar-refractivity contribution in [3.8, 4) is 11.5 Å². The topological polar surface area (TPSA) is 65.5 Å². The van der Waals surface area contributed by atoms with Crippen LogP contribution in [-0.4, -0.2) is 18.1 Å². The summed E-state index contributed by atoms with van der Waals surface area (Å²) in [4.78, 5) is 15.5. The predicted molar refractivity (Wildman–Crippen MR) is 59.7 cm³/mol. The number of methoxy groups -OCH3 is 1. The van der Waals surface area contributed by atoms with E-state index in [1.165, 1.54) is 7.11 Å². The van der Waals surface area contributed by atoms with Gasteiger partial charge in [0.1, 0.15) is 5.76 Å². The summed E-state index contributed by atoms with van der Waals surface area (Å²) < 4.78 is 15.5. The highest BCUT2D eigenvalue weighted by Crippen LogP contribution is 2.27. The van der Waals surface area contributed by atoms with Gasteiger partial charge in [0.25, 0.3) is 0 Å². The third-order valence-corrected chi connectivity index (χ3v) is 2.35.